The van der Waals surface area contributed by atoms with Crippen molar-refractivity contribution in [3.05, 3.63) is 38.1 Å². The van der Waals surface area contributed by atoms with Gasteiger partial charge in [0.05, 0.1) is 23.2 Å². The maximum atomic E-state index is 5.39. The van der Waals surface area contributed by atoms with Crippen LogP contribution in [-0.4, -0.2) is 24.2 Å². The third kappa shape index (κ3) is 5.26. The van der Waals surface area contributed by atoms with Gasteiger partial charge in [-0.25, -0.2) is 9.97 Å². The zero-order valence-electron chi connectivity index (χ0n) is 10.7. The summed E-state index contributed by atoms with van der Waals surface area (Å²) in [5.74, 6) is 1.94. The number of nitrogens with zero attached hydrogens (tertiary/aromatic N) is 2. The van der Waals surface area contributed by atoms with E-state index in [1.54, 1.807) is 38.7 Å². The van der Waals surface area contributed by atoms with Gasteiger partial charge in [0.1, 0.15) is 21.9 Å². The second kappa shape index (κ2) is 8.43. The standard InChI is InChI=1S/C6H5Br2NO.C6H7BrN2O/c2*1-10-5-2-6(8)9-3-4(5)7/h2-3H,1H3;2-3H,1H3,(H2,8,9). The molecule has 2 aromatic heterocycles. The van der Waals surface area contributed by atoms with Gasteiger partial charge in [0, 0.05) is 24.5 Å². The molecule has 0 aliphatic rings. The average molecular weight is 470 g/mol. The minimum atomic E-state index is 0.458. The predicted molar refractivity (Wildman–Crippen MR) is 89.1 cm³/mol. The molecule has 2 aromatic rings. The molecule has 0 saturated carbocycles. The topological polar surface area (TPSA) is 70.3 Å². The SMILES string of the molecule is COc1cc(Br)ncc1Br.COc1cc(N)ncc1Br. The quantitative estimate of drug-likeness (QED) is 0.672. The smallest absolute Gasteiger partial charge is 0.138 e. The highest BCUT2D eigenvalue weighted by atomic mass is 79.9. The van der Waals surface area contributed by atoms with Gasteiger partial charge >= 0.3 is 0 Å². The lowest BCUT2D eigenvalue weighted by Crippen LogP contribution is -1.91. The van der Waals surface area contributed by atoms with E-state index in [4.69, 9.17) is 15.2 Å². The van der Waals surface area contributed by atoms with Crippen LogP contribution in [0.3, 0.4) is 0 Å². The second-order valence-electron chi connectivity index (χ2n) is 3.39. The Balaban J connectivity index is 0.000000200. The van der Waals surface area contributed by atoms with Crippen molar-refractivity contribution in [2.45, 2.75) is 0 Å². The molecule has 0 aromatic carbocycles. The number of anilines is 1. The molecule has 0 aliphatic carbocycles. The van der Waals surface area contributed by atoms with Crippen LogP contribution >= 0.6 is 47.8 Å². The van der Waals surface area contributed by atoms with Gasteiger partial charge in [0.25, 0.3) is 0 Å². The molecular formula is C12H12Br3N3O2. The number of methoxy groups -OCH3 is 2. The fourth-order valence-electron chi connectivity index (χ4n) is 1.14. The molecule has 2 heterocycles. The first kappa shape index (κ1) is 17.2. The third-order valence-corrected chi connectivity index (χ3v) is 3.69. The Morgan fingerprint density at radius 3 is 1.85 bits per heavy atom. The number of rotatable bonds is 2. The van der Waals surface area contributed by atoms with Crippen molar-refractivity contribution in [1.82, 2.24) is 9.97 Å². The molecular weight excluding hydrogens is 458 g/mol. The Morgan fingerprint density at radius 2 is 1.40 bits per heavy atom. The highest BCUT2D eigenvalue weighted by Crippen LogP contribution is 2.25. The second-order valence-corrected chi connectivity index (χ2v) is 5.91. The molecule has 0 unspecified atom stereocenters. The van der Waals surface area contributed by atoms with E-state index in [0.717, 1.165) is 19.3 Å². The summed E-state index contributed by atoms with van der Waals surface area (Å²) in [6.45, 7) is 0. The van der Waals surface area contributed by atoms with Crippen molar-refractivity contribution in [2.75, 3.05) is 20.0 Å². The van der Waals surface area contributed by atoms with Gasteiger partial charge in [-0.3, -0.25) is 0 Å². The van der Waals surface area contributed by atoms with Crippen LogP contribution in [0.25, 0.3) is 0 Å². The van der Waals surface area contributed by atoms with Crippen LogP contribution in [-0.2, 0) is 0 Å². The van der Waals surface area contributed by atoms with E-state index in [0.29, 0.717) is 11.6 Å². The largest absolute Gasteiger partial charge is 0.495 e. The van der Waals surface area contributed by atoms with Gasteiger partial charge in [0.2, 0.25) is 0 Å². The number of ether oxygens (including phenoxy) is 2. The lowest BCUT2D eigenvalue weighted by Gasteiger charge is -2.01. The van der Waals surface area contributed by atoms with E-state index in [1.165, 1.54) is 0 Å². The Bertz CT molecular complexity index is 530. The summed E-state index contributed by atoms with van der Waals surface area (Å²) in [6.07, 6.45) is 3.29. The van der Waals surface area contributed by atoms with Crippen molar-refractivity contribution in [3.8, 4) is 11.5 Å². The van der Waals surface area contributed by atoms with Crippen molar-refractivity contribution in [2.24, 2.45) is 0 Å². The fraction of sp³-hybridized carbons (Fsp3) is 0.167. The maximum absolute atomic E-state index is 5.39. The van der Waals surface area contributed by atoms with Gasteiger partial charge in [-0.05, 0) is 47.8 Å². The Kier molecular flexibility index (Phi) is 7.25. The lowest BCUT2D eigenvalue weighted by molar-refractivity contribution is 0.411. The number of halogens is 3. The van der Waals surface area contributed by atoms with Crippen LogP contribution in [0.2, 0.25) is 0 Å². The van der Waals surface area contributed by atoms with Crippen LogP contribution in [0.1, 0.15) is 0 Å². The first-order chi connectivity index (χ1) is 9.47. The zero-order chi connectivity index (χ0) is 15.1. The molecule has 0 radical (unpaired) electrons. The van der Waals surface area contributed by atoms with E-state index in [1.807, 2.05) is 0 Å². The van der Waals surface area contributed by atoms with Gasteiger partial charge in [0.15, 0.2) is 0 Å². The van der Waals surface area contributed by atoms with Crippen molar-refractivity contribution < 1.29 is 9.47 Å². The zero-order valence-corrected chi connectivity index (χ0v) is 15.5. The molecule has 0 bridgehead atoms. The molecule has 0 aliphatic heterocycles. The maximum Gasteiger partial charge on any atom is 0.138 e. The normalized spacial score (nSPS) is 9.45. The first-order valence-electron chi connectivity index (χ1n) is 5.28. The van der Waals surface area contributed by atoms with Gasteiger partial charge in [-0.2, -0.15) is 0 Å². The molecule has 8 heteroatoms. The van der Waals surface area contributed by atoms with Crippen LogP contribution < -0.4 is 15.2 Å². The lowest BCUT2D eigenvalue weighted by atomic mass is 10.4. The number of nitrogen functional groups attached to an aromatic ring is 1. The number of nitrogens with two attached hydrogens (primary N) is 1. The highest BCUT2D eigenvalue weighted by molar-refractivity contribution is 9.11. The molecule has 0 amide bonds. The van der Waals surface area contributed by atoms with Crippen molar-refractivity contribution >= 4 is 53.6 Å². The number of pyridine rings is 2. The molecule has 0 spiro atoms. The monoisotopic (exact) mass is 467 g/mol. The molecule has 0 atom stereocenters. The summed E-state index contributed by atoms with van der Waals surface area (Å²) in [7, 11) is 3.20. The first-order valence-corrected chi connectivity index (χ1v) is 7.66. The van der Waals surface area contributed by atoms with E-state index in [9.17, 15) is 0 Å². The van der Waals surface area contributed by atoms with Crippen molar-refractivity contribution in [3.63, 3.8) is 0 Å². The van der Waals surface area contributed by atoms with E-state index >= 15 is 0 Å². The molecule has 108 valence electrons. The summed E-state index contributed by atoms with van der Waals surface area (Å²) >= 11 is 9.75. The van der Waals surface area contributed by atoms with E-state index < -0.39 is 0 Å². The molecule has 2 rings (SSSR count). The molecule has 5 nitrogen and oxygen atoms in total. The highest BCUT2D eigenvalue weighted by Gasteiger charge is 1.99. The van der Waals surface area contributed by atoms with E-state index in [-0.39, 0.29) is 0 Å². The Hall–Kier alpha value is -0.860. The van der Waals surface area contributed by atoms with Crippen LogP contribution in [0.4, 0.5) is 5.82 Å². The third-order valence-electron chi connectivity index (χ3n) is 2.07. The fourth-order valence-corrected chi connectivity index (χ4v) is 2.21. The Morgan fingerprint density at radius 1 is 0.900 bits per heavy atom. The minimum absolute atomic E-state index is 0.458. The number of aromatic nitrogens is 2. The summed E-state index contributed by atoms with van der Waals surface area (Å²) in [5, 5.41) is 0. The molecule has 2 N–H and O–H groups in total. The molecule has 0 saturated heterocycles. The van der Waals surface area contributed by atoms with Crippen LogP contribution in [0, 0.1) is 0 Å². The van der Waals surface area contributed by atoms with E-state index in [2.05, 4.69) is 57.8 Å². The van der Waals surface area contributed by atoms with Crippen molar-refractivity contribution in [1.29, 1.82) is 0 Å². The summed E-state index contributed by atoms with van der Waals surface area (Å²) < 4.78 is 12.4. The van der Waals surface area contributed by atoms with Gasteiger partial charge < -0.3 is 15.2 Å². The minimum Gasteiger partial charge on any atom is -0.495 e. The van der Waals surface area contributed by atoms with Crippen LogP contribution in [0.15, 0.2) is 38.1 Å². The number of hydrogen-bond donors (Lipinski definition) is 1. The average Bonchev–Trinajstić information content (AvgIpc) is 2.44. The van der Waals surface area contributed by atoms with Gasteiger partial charge in [-0.15, -0.1) is 0 Å². The van der Waals surface area contributed by atoms with Gasteiger partial charge in [-0.1, -0.05) is 0 Å². The summed E-state index contributed by atoms with van der Waals surface area (Å²) in [4.78, 5) is 7.82. The molecule has 0 fully saturated rings. The van der Waals surface area contributed by atoms with Crippen LogP contribution in [0.5, 0.6) is 11.5 Å². The summed E-state index contributed by atoms with van der Waals surface area (Å²) in [6, 6.07) is 3.45. The predicted octanol–water partition coefficient (Wildman–Crippen LogP) is 4.05. The summed E-state index contributed by atoms with van der Waals surface area (Å²) in [5.41, 5.74) is 5.39. The Labute approximate surface area is 142 Å². The molecule has 20 heavy (non-hydrogen) atoms. The number of hydrogen-bond acceptors (Lipinski definition) is 5.